The molecular weight excluding hydrogens is 348 g/mol. The summed E-state index contributed by atoms with van der Waals surface area (Å²) in [6.07, 6.45) is 4.43. The van der Waals surface area contributed by atoms with Gasteiger partial charge in [0.05, 0.1) is 11.7 Å². The van der Waals surface area contributed by atoms with Crippen LogP contribution in [0.5, 0.6) is 5.75 Å². The normalized spacial score (nSPS) is 17.1. The average Bonchev–Trinajstić information content (AvgIpc) is 3.38. The number of hydrogen-bond acceptors (Lipinski definition) is 7. The lowest BCUT2D eigenvalue weighted by Crippen LogP contribution is -2.41. The molecule has 9 heteroatoms. The topological polar surface area (TPSA) is 99.2 Å². The summed E-state index contributed by atoms with van der Waals surface area (Å²) in [4.78, 5) is 14.6. The molecule has 0 spiro atoms. The van der Waals surface area contributed by atoms with E-state index in [1.54, 1.807) is 12.1 Å². The molecule has 0 N–H and O–H groups in total. The number of hydrogen-bond donors (Lipinski definition) is 0. The van der Waals surface area contributed by atoms with E-state index in [0.717, 1.165) is 36.4 Å². The molecule has 0 bridgehead atoms. The lowest BCUT2D eigenvalue weighted by molar-refractivity contribution is -0.137. The molecule has 0 unspecified atom stereocenters. The highest BCUT2D eigenvalue weighted by molar-refractivity contribution is 5.78. The van der Waals surface area contributed by atoms with Crippen molar-refractivity contribution in [3.8, 4) is 11.4 Å². The zero-order valence-corrected chi connectivity index (χ0v) is 15.0. The van der Waals surface area contributed by atoms with Gasteiger partial charge in [0, 0.05) is 18.7 Å². The predicted molar refractivity (Wildman–Crippen MR) is 94.2 cm³/mol. The Morgan fingerprint density at radius 3 is 3.04 bits per heavy atom. The number of rotatable bonds is 5. The summed E-state index contributed by atoms with van der Waals surface area (Å²) in [6.45, 7) is 2.52. The Morgan fingerprint density at radius 1 is 1.33 bits per heavy atom. The van der Waals surface area contributed by atoms with Crippen molar-refractivity contribution in [2.24, 2.45) is 0 Å². The molecule has 1 amide bonds. The highest BCUT2D eigenvalue weighted by Gasteiger charge is 2.30. The minimum atomic E-state index is -0.0619. The third-order valence-electron chi connectivity index (χ3n) is 4.60. The number of tetrazole rings is 1. The first-order valence-electron chi connectivity index (χ1n) is 8.89. The Bertz CT molecular complexity index is 907. The Hall–Kier alpha value is -3.23. The number of piperidine rings is 1. The molecule has 9 nitrogen and oxygen atoms in total. The molecule has 3 heterocycles. The molecular formula is C18H20N6O3. The maximum atomic E-state index is 12.8. The Balaban J connectivity index is 1.43. The van der Waals surface area contributed by atoms with Gasteiger partial charge >= 0.3 is 0 Å². The molecule has 27 heavy (non-hydrogen) atoms. The lowest BCUT2D eigenvalue weighted by atomic mass is 9.99. The van der Waals surface area contributed by atoms with E-state index in [2.05, 4.69) is 20.7 Å². The van der Waals surface area contributed by atoms with Crippen LogP contribution < -0.4 is 4.74 Å². The number of carbonyl (C=O) groups excluding carboxylic acids is 1. The fourth-order valence-electron chi connectivity index (χ4n) is 3.30. The second-order valence-electron chi connectivity index (χ2n) is 6.50. The fraction of sp³-hybridized carbons (Fsp3) is 0.389. The van der Waals surface area contributed by atoms with Crippen LogP contribution in [0.3, 0.4) is 0 Å². The van der Waals surface area contributed by atoms with Crippen LogP contribution in [0.4, 0.5) is 0 Å². The van der Waals surface area contributed by atoms with Crippen molar-refractivity contribution < 1.29 is 14.1 Å². The molecule has 0 radical (unpaired) electrons. The summed E-state index contributed by atoms with van der Waals surface area (Å²) in [5.74, 6) is 1.27. The molecule has 4 rings (SSSR count). The van der Waals surface area contributed by atoms with E-state index < -0.39 is 0 Å². The maximum absolute atomic E-state index is 12.8. The van der Waals surface area contributed by atoms with Gasteiger partial charge in [-0.25, -0.2) is 4.68 Å². The first-order valence-corrected chi connectivity index (χ1v) is 8.89. The van der Waals surface area contributed by atoms with Gasteiger partial charge in [0.1, 0.15) is 23.5 Å². The fourth-order valence-corrected chi connectivity index (χ4v) is 3.30. The molecule has 140 valence electrons. The molecule has 1 atom stereocenters. The Labute approximate surface area is 155 Å². The van der Waals surface area contributed by atoms with Crippen molar-refractivity contribution in [2.45, 2.75) is 32.2 Å². The average molecular weight is 368 g/mol. The van der Waals surface area contributed by atoms with E-state index in [4.69, 9.17) is 9.26 Å². The van der Waals surface area contributed by atoms with Crippen LogP contribution >= 0.6 is 0 Å². The van der Waals surface area contributed by atoms with E-state index in [1.807, 2.05) is 30.0 Å². The second kappa shape index (κ2) is 7.56. The molecule has 1 aromatic carbocycles. The van der Waals surface area contributed by atoms with Crippen molar-refractivity contribution in [2.75, 3.05) is 13.2 Å². The molecule has 3 aromatic rings. The van der Waals surface area contributed by atoms with Gasteiger partial charge in [-0.15, -0.1) is 5.10 Å². The van der Waals surface area contributed by atoms with E-state index in [9.17, 15) is 4.79 Å². The van der Waals surface area contributed by atoms with Crippen LogP contribution in [0.15, 0.2) is 41.2 Å². The lowest BCUT2D eigenvalue weighted by Gasteiger charge is -2.34. The van der Waals surface area contributed by atoms with Crippen molar-refractivity contribution in [1.82, 2.24) is 30.3 Å². The highest BCUT2D eigenvalue weighted by Crippen LogP contribution is 2.30. The van der Waals surface area contributed by atoms with Crippen LogP contribution in [0, 0.1) is 6.92 Å². The Kier molecular flexibility index (Phi) is 4.82. The molecule has 1 aliphatic rings. The van der Waals surface area contributed by atoms with Crippen LogP contribution in [0.2, 0.25) is 0 Å². The number of nitrogens with zero attached hydrogens (tertiary/aromatic N) is 6. The Morgan fingerprint density at radius 2 is 2.26 bits per heavy atom. The smallest absolute Gasteiger partial charge is 0.261 e. The summed E-state index contributed by atoms with van der Waals surface area (Å²) in [7, 11) is 0. The van der Waals surface area contributed by atoms with E-state index in [0.29, 0.717) is 12.3 Å². The number of amides is 1. The van der Waals surface area contributed by atoms with Gasteiger partial charge in [-0.3, -0.25) is 4.79 Å². The van der Waals surface area contributed by atoms with Crippen molar-refractivity contribution in [3.63, 3.8) is 0 Å². The third kappa shape index (κ3) is 3.81. The molecule has 1 fully saturated rings. The van der Waals surface area contributed by atoms with E-state index in [-0.39, 0.29) is 18.6 Å². The zero-order valence-electron chi connectivity index (χ0n) is 15.0. The first kappa shape index (κ1) is 17.2. The number of aromatic nitrogens is 5. The number of likely N-dealkylation sites (tertiary alicyclic amines) is 1. The summed E-state index contributed by atoms with van der Waals surface area (Å²) in [5, 5.41) is 15.2. The van der Waals surface area contributed by atoms with E-state index >= 15 is 0 Å². The second-order valence-corrected chi connectivity index (χ2v) is 6.50. The summed E-state index contributed by atoms with van der Waals surface area (Å²) < 4.78 is 12.4. The number of ether oxygens (including phenoxy) is 1. The highest BCUT2D eigenvalue weighted by atomic mass is 16.5. The predicted octanol–water partition coefficient (Wildman–Crippen LogP) is 2.09. The van der Waals surface area contributed by atoms with Crippen molar-refractivity contribution in [1.29, 1.82) is 0 Å². The standard InChI is InChI=1S/C18H20N6O3/c1-13-9-16(20-27-13)17-7-2-3-8-23(17)18(25)11-26-15-6-4-5-14(10-15)24-12-19-21-22-24/h4-6,9-10,12,17H,2-3,7-8,11H2,1H3/t17-/m1/s1. The zero-order chi connectivity index (χ0) is 18.6. The van der Waals surface area contributed by atoms with Gasteiger partial charge in [-0.05, 0) is 48.7 Å². The minimum absolute atomic E-state index is 0.0353. The van der Waals surface area contributed by atoms with Crippen LogP contribution in [0.25, 0.3) is 5.69 Å². The van der Waals surface area contributed by atoms with Crippen LogP contribution in [-0.2, 0) is 4.79 Å². The van der Waals surface area contributed by atoms with Gasteiger partial charge in [-0.2, -0.15) is 0 Å². The SMILES string of the molecule is Cc1cc([C@H]2CCCCN2C(=O)COc2cccc(-n3cnnn3)c2)no1. The van der Waals surface area contributed by atoms with Gasteiger partial charge in [0.25, 0.3) is 5.91 Å². The van der Waals surface area contributed by atoms with Crippen LogP contribution in [-0.4, -0.2) is 49.3 Å². The first-order chi connectivity index (χ1) is 13.2. The summed E-state index contributed by atoms with van der Waals surface area (Å²) in [5.41, 5.74) is 1.57. The molecule has 1 saturated heterocycles. The molecule has 0 saturated carbocycles. The molecule has 1 aliphatic heterocycles. The largest absolute Gasteiger partial charge is 0.484 e. The van der Waals surface area contributed by atoms with Crippen molar-refractivity contribution >= 4 is 5.91 Å². The van der Waals surface area contributed by atoms with Gasteiger partial charge in [-0.1, -0.05) is 11.2 Å². The number of benzene rings is 1. The maximum Gasteiger partial charge on any atom is 0.261 e. The monoisotopic (exact) mass is 368 g/mol. The van der Waals surface area contributed by atoms with E-state index in [1.165, 1.54) is 11.0 Å². The third-order valence-corrected chi connectivity index (χ3v) is 4.60. The van der Waals surface area contributed by atoms with Gasteiger partial charge in [0.15, 0.2) is 6.61 Å². The molecule has 2 aromatic heterocycles. The number of aryl methyl sites for hydroxylation is 1. The van der Waals surface area contributed by atoms with Gasteiger partial charge < -0.3 is 14.2 Å². The minimum Gasteiger partial charge on any atom is -0.484 e. The summed E-state index contributed by atoms with van der Waals surface area (Å²) in [6, 6.07) is 9.12. The van der Waals surface area contributed by atoms with Crippen molar-refractivity contribution in [3.05, 3.63) is 48.1 Å². The quantitative estimate of drug-likeness (QED) is 0.680. The number of carbonyl (C=O) groups is 1. The van der Waals surface area contributed by atoms with Gasteiger partial charge in [0.2, 0.25) is 0 Å². The van der Waals surface area contributed by atoms with Crippen LogP contribution in [0.1, 0.15) is 36.8 Å². The molecule has 0 aliphatic carbocycles. The summed E-state index contributed by atoms with van der Waals surface area (Å²) >= 11 is 0.